The van der Waals surface area contributed by atoms with Crippen molar-refractivity contribution in [1.29, 1.82) is 0 Å². The van der Waals surface area contributed by atoms with Gasteiger partial charge in [0, 0.05) is 0 Å². The minimum Gasteiger partial charge on any atom is -0.238 e. The molecule has 0 saturated heterocycles. The number of rotatable bonds is 2. The third kappa shape index (κ3) is 2.62. The molecule has 5 heteroatoms. The molecular weight excluding hydrogens is 164 g/mol. The molecule has 0 heterocycles. The summed E-state index contributed by atoms with van der Waals surface area (Å²) in [5, 5.41) is 0. The van der Waals surface area contributed by atoms with E-state index >= 15 is 0 Å². The van der Waals surface area contributed by atoms with E-state index in [2.05, 4.69) is 23.2 Å². The molecule has 0 aromatic carbocycles. The molecule has 0 aliphatic rings. The highest BCUT2D eigenvalue weighted by atomic mass is 35.5. The van der Waals surface area contributed by atoms with Gasteiger partial charge in [-0.3, -0.25) is 0 Å². The lowest BCUT2D eigenvalue weighted by Crippen LogP contribution is -2.19. The van der Waals surface area contributed by atoms with Crippen molar-refractivity contribution in [3.8, 4) is 0 Å². The number of hydrogen-bond donors (Lipinski definition) is 0. The molecule has 50 valence electrons. The summed E-state index contributed by atoms with van der Waals surface area (Å²) >= 11 is 8.91. The molecule has 0 bridgehead atoms. The molecule has 2 atom stereocenters. The van der Waals surface area contributed by atoms with E-state index < -0.39 is 17.4 Å². The molecule has 0 aliphatic heterocycles. The van der Waals surface area contributed by atoms with Crippen LogP contribution in [-0.2, 0) is 0 Å². The molecule has 2 unspecified atom stereocenters. The Kier molecular flexibility index (Phi) is 3.56. The number of hydrogen-bond acceptors (Lipinski definition) is 0. The van der Waals surface area contributed by atoms with Crippen LogP contribution in [0.1, 0.15) is 0 Å². The number of alkyl halides is 5. The van der Waals surface area contributed by atoms with Crippen LogP contribution in [0, 0.1) is 0 Å². The molecule has 8 heavy (non-hydrogen) atoms. The minimum atomic E-state index is -2.43. The SMILES string of the molecule is FC(Cl)C(F)C(F)Cl. The van der Waals surface area contributed by atoms with Crippen LogP contribution in [0.5, 0.6) is 0 Å². The quantitative estimate of drug-likeness (QED) is 0.553. The fourth-order valence-electron chi connectivity index (χ4n) is 0.110. The molecule has 0 saturated carbocycles. The summed E-state index contributed by atoms with van der Waals surface area (Å²) in [5.74, 6) is 0. The highest BCUT2D eigenvalue weighted by molar-refractivity contribution is 6.23. The minimum absolute atomic E-state index is 2.36. The standard InChI is InChI=1S/C3H3Cl2F3/c4-2(7)1(6)3(5)8/h1-3H. The van der Waals surface area contributed by atoms with Crippen molar-refractivity contribution < 1.29 is 13.2 Å². The van der Waals surface area contributed by atoms with Gasteiger partial charge in [-0.05, 0) is 0 Å². The van der Waals surface area contributed by atoms with E-state index in [1.165, 1.54) is 0 Å². The van der Waals surface area contributed by atoms with Gasteiger partial charge in [0.05, 0.1) is 0 Å². The Balaban J connectivity index is 3.46. The zero-order chi connectivity index (χ0) is 6.73. The average Bonchev–Trinajstić information content (AvgIpc) is 1.64. The summed E-state index contributed by atoms with van der Waals surface area (Å²) < 4.78 is 34.5. The Morgan fingerprint density at radius 3 is 1.12 bits per heavy atom. The van der Waals surface area contributed by atoms with E-state index in [1.807, 2.05) is 0 Å². The lowest BCUT2D eigenvalue weighted by Gasteiger charge is -2.04. The second-order valence-corrected chi connectivity index (χ2v) is 1.95. The van der Waals surface area contributed by atoms with Crippen LogP contribution >= 0.6 is 23.2 Å². The van der Waals surface area contributed by atoms with Crippen LogP contribution in [0.15, 0.2) is 0 Å². The average molecular weight is 167 g/mol. The second-order valence-electron chi connectivity index (χ2n) is 1.11. The van der Waals surface area contributed by atoms with Gasteiger partial charge in [0.2, 0.25) is 11.3 Å². The van der Waals surface area contributed by atoms with Crippen molar-refractivity contribution >= 4 is 23.2 Å². The first kappa shape index (κ1) is 8.37. The van der Waals surface area contributed by atoms with Crippen molar-refractivity contribution in [3.05, 3.63) is 0 Å². The Labute approximate surface area is 54.6 Å². The van der Waals surface area contributed by atoms with E-state index in [0.717, 1.165) is 0 Å². The Morgan fingerprint density at radius 2 is 1.12 bits per heavy atom. The molecule has 0 aromatic heterocycles. The first-order valence-corrected chi connectivity index (χ1v) is 2.63. The van der Waals surface area contributed by atoms with Crippen LogP contribution in [0.3, 0.4) is 0 Å². The Morgan fingerprint density at radius 1 is 0.875 bits per heavy atom. The highest BCUT2D eigenvalue weighted by Crippen LogP contribution is 2.17. The van der Waals surface area contributed by atoms with E-state index in [9.17, 15) is 13.2 Å². The summed E-state index contributed by atoms with van der Waals surface area (Å²) in [7, 11) is 0. The van der Waals surface area contributed by atoms with E-state index in [-0.39, 0.29) is 0 Å². The molecular formula is C3H3Cl2F3. The molecule has 0 rings (SSSR count). The predicted molar refractivity (Wildman–Crippen MR) is 26.4 cm³/mol. The molecule has 0 aliphatic carbocycles. The lowest BCUT2D eigenvalue weighted by molar-refractivity contribution is 0.166. The zero-order valence-electron chi connectivity index (χ0n) is 3.62. The number of halogens is 5. The second kappa shape index (κ2) is 3.41. The van der Waals surface area contributed by atoms with Crippen molar-refractivity contribution in [2.24, 2.45) is 0 Å². The van der Waals surface area contributed by atoms with Gasteiger partial charge in [-0.25, -0.2) is 13.2 Å². The molecule has 0 nitrogen and oxygen atoms in total. The summed E-state index contributed by atoms with van der Waals surface area (Å²) in [6.07, 6.45) is -2.43. The molecule has 0 spiro atoms. The van der Waals surface area contributed by atoms with Crippen molar-refractivity contribution in [2.75, 3.05) is 0 Å². The first-order valence-electron chi connectivity index (χ1n) is 1.76. The summed E-state index contributed by atoms with van der Waals surface area (Å²) in [5.41, 5.74) is -4.72. The Hall–Kier alpha value is 0.370. The van der Waals surface area contributed by atoms with Gasteiger partial charge in [0.15, 0.2) is 6.17 Å². The zero-order valence-corrected chi connectivity index (χ0v) is 5.13. The molecule has 0 fully saturated rings. The fraction of sp³-hybridized carbons (Fsp3) is 1.00. The van der Waals surface area contributed by atoms with Gasteiger partial charge >= 0.3 is 0 Å². The maximum Gasteiger partial charge on any atom is 0.208 e. The smallest absolute Gasteiger partial charge is 0.208 e. The van der Waals surface area contributed by atoms with Crippen LogP contribution in [0.4, 0.5) is 13.2 Å². The van der Waals surface area contributed by atoms with Gasteiger partial charge in [0.1, 0.15) is 0 Å². The van der Waals surface area contributed by atoms with Gasteiger partial charge in [-0.1, -0.05) is 23.2 Å². The van der Waals surface area contributed by atoms with E-state index in [0.29, 0.717) is 0 Å². The molecule has 0 radical (unpaired) electrons. The lowest BCUT2D eigenvalue weighted by atomic mass is 10.5. The summed E-state index contributed by atoms with van der Waals surface area (Å²) in [6.45, 7) is 0. The maximum absolute atomic E-state index is 11.6. The van der Waals surface area contributed by atoms with Crippen LogP contribution < -0.4 is 0 Å². The van der Waals surface area contributed by atoms with Crippen molar-refractivity contribution in [2.45, 2.75) is 17.4 Å². The fourth-order valence-corrected chi connectivity index (χ4v) is 0.440. The summed E-state index contributed by atoms with van der Waals surface area (Å²) in [6, 6.07) is 0. The molecule has 0 aromatic rings. The topological polar surface area (TPSA) is 0 Å². The van der Waals surface area contributed by atoms with E-state index in [4.69, 9.17) is 0 Å². The first-order chi connectivity index (χ1) is 3.55. The van der Waals surface area contributed by atoms with Gasteiger partial charge in [0.25, 0.3) is 0 Å². The maximum atomic E-state index is 11.6. The van der Waals surface area contributed by atoms with Gasteiger partial charge in [-0.15, -0.1) is 0 Å². The predicted octanol–water partition coefficient (Wildman–Crippen LogP) is 2.39. The van der Waals surface area contributed by atoms with E-state index in [1.54, 1.807) is 0 Å². The Bertz CT molecular complexity index is 57.5. The largest absolute Gasteiger partial charge is 0.238 e. The summed E-state index contributed by atoms with van der Waals surface area (Å²) in [4.78, 5) is 0. The van der Waals surface area contributed by atoms with Crippen LogP contribution in [0.2, 0.25) is 0 Å². The third-order valence-corrected chi connectivity index (χ3v) is 0.963. The third-order valence-electron chi connectivity index (χ3n) is 0.481. The molecule has 0 N–H and O–H groups in total. The van der Waals surface area contributed by atoms with Crippen LogP contribution in [-0.4, -0.2) is 17.4 Å². The highest BCUT2D eigenvalue weighted by Gasteiger charge is 2.25. The monoisotopic (exact) mass is 166 g/mol. The van der Waals surface area contributed by atoms with Crippen molar-refractivity contribution in [3.63, 3.8) is 0 Å². The van der Waals surface area contributed by atoms with Crippen molar-refractivity contribution in [1.82, 2.24) is 0 Å². The molecule has 0 amide bonds. The normalized spacial score (nSPS) is 22.1. The van der Waals surface area contributed by atoms with Gasteiger partial charge in [-0.2, -0.15) is 0 Å². The van der Waals surface area contributed by atoms with Crippen LogP contribution in [0.25, 0.3) is 0 Å². The van der Waals surface area contributed by atoms with Gasteiger partial charge < -0.3 is 0 Å².